The fourth-order valence-corrected chi connectivity index (χ4v) is 4.07. The lowest BCUT2D eigenvalue weighted by atomic mass is 9.83. The number of hydrogen-bond acceptors (Lipinski definition) is 3. The SMILES string of the molecule is Cc1ccc(S(=O)(=O)N2CC=C(C(C)(C)C)CC2)c(N)c1. The lowest BCUT2D eigenvalue weighted by Gasteiger charge is -2.31. The number of anilines is 1. The Bertz CT molecular complexity index is 670. The Morgan fingerprint density at radius 2 is 1.90 bits per heavy atom. The molecule has 1 aliphatic rings. The van der Waals surface area contributed by atoms with Gasteiger partial charge in [-0.15, -0.1) is 0 Å². The molecule has 2 rings (SSSR count). The summed E-state index contributed by atoms with van der Waals surface area (Å²) in [6.07, 6.45) is 2.81. The molecule has 0 aliphatic carbocycles. The fraction of sp³-hybridized carbons (Fsp3) is 0.500. The van der Waals surface area contributed by atoms with Gasteiger partial charge in [-0.2, -0.15) is 4.31 Å². The molecule has 0 atom stereocenters. The first-order chi connectivity index (χ1) is 9.62. The van der Waals surface area contributed by atoms with E-state index in [2.05, 4.69) is 20.8 Å². The van der Waals surface area contributed by atoms with E-state index in [9.17, 15) is 8.42 Å². The molecular weight excluding hydrogens is 284 g/mol. The third kappa shape index (κ3) is 3.30. The zero-order valence-corrected chi connectivity index (χ0v) is 14.0. The maximum atomic E-state index is 12.7. The van der Waals surface area contributed by atoms with Crippen molar-refractivity contribution in [3.8, 4) is 0 Å². The second-order valence-electron chi connectivity index (χ2n) is 6.63. The summed E-state index contributed by atoms with van der Waals surface area (Å²) in [5.74, 6) is 0. The minimum absolute atomic E-state index is 0.0960. The topological polar surface area (TPSA) is 63.4 Å². The molecule has 4 nitrogen and oxygen atoms in total. The van der Waals surface area contributed by atoms with Crippen LogP contribution in [-0.2, 0) is 10.0 Å². The Labute approximate surface area is 127 Å². The molecule has 0 unspecified atom stereocenters. The first-order valence-corrected chi connectivity index (χ1v) is 8.62. The summed E-state index contributed by atoms with van der Waals surface area (Å²) >= 11 is 0. The van der Waals surface area contributed by atoms with Gasteiger partial charge in [-0.1, -0.05) is 38.5 Å². The summed E-state index contributed by atoms with van der Waals surface area (Å²) in [5.41, 5.74) is 8.57. The minimum atomic E-state index is -3.51. The van der Waals surface area contributed by atoms with Crippen LogP contribution in [0.1, 0.15) is 32.8 Å². The minimum Gasteiger partial charge on any atom is -0.398 e. The highest BCUT2D eigenvalue weighted by Gasteiger charge is 2.30. The van der Waals surface area contributed by atoms with E-state index in [1.165, 1.54) is 9.88 Å². The second-order valence-corrected chi connectivity index (χ2v) is 8.54. The first kappa shape index (κ1) is 16.0. The average Bonchev–Trinajstić information content (AvgIpc) is 2.37. The number of hydrogen-bond donors (Lipinski definition) is 1. The zero-order valence-electron chi connectivity index (χ0n) is 13.2. The zero-order chi connectivity index (χ0) is 15.8. The van der Waals surface area contributed by atoms with E-state index < -0.39 is 10.0 Å². The Morgan fingerprint density at radius 3 is 2.38 bits per heavy atom. The summed E-state index contributed by atoms with van der Waals surface area (Å²) < 4.78 is 26.9. The molecule has 0 fully saturated rings. The van der Waals surface area contributed by atoms with E-state index in [1.807, 2.05) is 13.0 Å². The van der Waals surface area contributed by atoms with Crippen molar-refractivity contribution in [1.82, 2.24) is 4.31 Å². The van der Waals surface area contributed by atoms with Gasteiger partial charge in [0.05, 0.1) is 5.69 Å². The molecule has 1 heterocycles. The number of rotatable bonds is 2. The van der Waals surface area contributed by atoms with Crippen molar-refractivity contribution >= 4 is 15.7 Å². The molecule has 2 N–H and O–H groups in total. The number of sulfonamides is 1. The molecule has 0 radical (unpaired) electrons. The van der Waals surface area contributed by atoms with Crippen molar-refractivity contribution in [3.05, 3.63) is 35.4 Å². The van der Waals surface area contributed by atoms with Crippen LogP contribution in [0.25, 0.3) is 0 Å². The van der Waals surface area contributed by atoms with E-state index >= 15 is 0 Å². The van der Waals surface area contributed by atoms with Gasteiger partial charge in [0.1, 0.15) is 4.90 Å². The van der Waals surface area contributed by atoms with E-state index in [-0.39, 0.29) is 10.3 Å². The Hall–Kier alpha value is -1.33. The summed E-state index contributed by atoms with van der Waals surface area (Å²) in [5, 5.41) is 0. The number of aryl methyl sites for hydroxylation is 1. The highest BCUT2D eigenvalue weighted by molar-refractivity contribution is 7.89. The van der Waals surface area contributed by atoms with Crippen LogP contribution in [-0.4, -0.2) is 25.8 Å². The smallest absolute Gasteiger partial charge is 0.245 e. The Kier molecular flexibility index (Phi) is 4.17. The number of nitrogen functional groups attached to an aromatic ring is 1. The van der Waals surface area contributed by atoms with Gasteiger partial charge in [0.25, 0.3) is 0 Å². The molecule has 0 saturated carbocycles. The van der Waals surface area contributed by atoms with Gasteiger partial charge >= 0.3 is 0 Å². The van der Waals surface area contributed by atoms with Crippen LogP contribution in [0.15, 0.2) is 34.7 Å². The Morgan fingerprint density at radius 1 is 1.24 bits per heavy atom. The van der Waals surface area contributed by atoms with Gasteiger partial charge in [-0.25, -0.2) is 8.42 Å². The Balaban J connectivity index is 2.29. The molecule has 0 aromatic heterocycles. The fourth-order valence-electron chi connectivity index (χ4n) is 2.59. The molecule has 1 aromatic carbocycles. The van der Waals surface area contributed by atoms with Gasteiger partial charge in [0.15, 0.2) is 0 Å². The molecule has 0 spiro atoms. The van der Waals surface area contributed by atoms with E-state index in [0.29, 0.717) is 18.8 Å². The third-order valence-electron chi connectivity index (χ3n) is 3.92. The predicted molar refractivity (Wildman–Crippen MR) is 86.5 cm³/mol. The van der Waals surface area contributed by atoms with Crippen LogP contribution in [0.5, 0.6) is 0 Å². The van der Waals surface area contributed by atoms with Crippen LogP contribution < -0.4 is 5.73 Å². The molecule has 5 heteroatoms. The van der Waals surface area contributed by atoms with Crippen LogP contribution in [0.3, 0.4) is 0 Å². The molecule has 0 bridgehead atoms. The summed E-state index contributed by atoms with van der Waals surface area (Å²) in [6, 6.07) is 5.08. The molecule has 0 saturated heterocycles. The molecule has 116 valence electrons. The van der Waals surface area contributed by atoms with Crippen LogP contribution in [0.4, 0.5) is 5.69 Å². The molecular formula is C16H24N2O2S. The second kappa shape index (κ2) is 5.46. The average molecular weight is 308 g/mol. The molecule has 1 aromatic rings. The van der Waals surface area contributed by atoms with Gasteiger partial charge in [0, 0.05) is 13.1 Å². The van der Waals surface area contributed by atoms with Crippen molar-refractivity contribution in [3.63, 3.8) is 0 Å². The van der Waals surface area contributed by atoms with E-state index in [4.69, 9.17) is 5.73 Å². The maximum Gasteiger partial charge on any atom is 0.245 e. The van der Waals surface area contributed by atoms with Gasteiger partial charge in [-0.3, -0.25) is 0 Å². The molecule has 1 aliphatic heterocycles. The van der Waals surface area contributed by atoms with Gasteiger partial charge in [-0.05, 0) is 36.5 Å². The summed E-state index contributed by atoms with van der Waals surface area (Å²) in [6.45, 7) is 9.29. The van der Waals surface area contributed by atoms with Crippen molar-refractivity contribution in [2.24, 2.45) is 5.41 Å². The highest BCUT2D eigenvalue weighted by atomic mass is 32.2. The van der Waals surface area contributed by atoms with E-state index in [1.54, 1.807) is 18.2 Å². The van der Waals surface area contributed by atoms with Crippen LogP contribution >= 0.6 is 0 Å². The largest absolute Gasteiger partial charge is 0.398 e. The van der Waals surface area contributed by atoms with Gasteiger partial charge < -0.3 is 5.73 Å². The van der Waals surface area contributed by atoms with Crippen molar-refractivity contribution in [1.29, 1.82) is 0 Å². The predicted octanol–water partition coefficient (Wildman–Crippen LogP) is 2.94. The van der Waals surface area contributed by atoms with Gasteiger partial charge in [0.2, 0.25) is 10.0 Å². The lowest BCUT2D eigenvalue weighted by Crippen LogP contribution is -2.36. The van der Waals surface area contributed by atoms with Crippen molar-refractivity contribution in [2.75, 3.05) is 18.8 Å². The first-order valence-electron chi connectivity index (χ1n) is 7.18. The highest BCUT2D eigenvalue weighted by Crippen LogP contribution is 2.32. The van der Waals surface area contributed by atoms with E-state index in [0.717, 1.165) is 12.0 Å². The normalized spacial score (nSPS) is 17.6. The number of benzene rings is 1. The third-order valence-corrected chi connectivity index (χ3v) is 5.86. The van der Waals surface area contributed by atoms with Crippen LogP contribution in [0, 0.1) is 12.3 Å². The monoisotopic (exact) mass is 308 g/mol. The van der Waals surface area contributed by atoms with Crippen molar-refractivity contribution in [2.45, 2.75) is 39.0 Å². The number of nitrogens with zero attached hydrogens (tertiary/aromatic N) is 1. The molecule has 0 amide bonds. The van der Waals surface area contributed by atoms with Crippen molar-refractivity contribution < 1.29 is 8.42 Å². The summed E-state index contributed by atoms with van der Waals surface area (Å²) in [4.78, 5) is 0.209. The lowest BCUT2D eigenvalue weighted by molar-refractivity contribution is 0.390. The summed E-state index contributed by atoms with van der Waals surface area (Å²) in [7, 11) is -3.51. The standard InChI is InChI=1S/C16H24N2O2S/c1-12-5-6-15(14(17)11-12)21(19,20)18-9-7-13(8-10-18)16(2,3)4/h5-7,11H,8-10,17H2,1-4H3. The molecule has 21 heavy (non-hydrogen) atoms. The maximum absolute atomic E-state index is 12.7. The number of nitrogens with two attached hydrogens (primary N) is 1. The quantitative estimate of drug-likeness (QED) is 0.675. The van der Waals surface area contributed by atoms with Crippen LogP contribution in [0.2, 0.25) is 0 Å².